The molecule has 1 aromatic rings. The van der Waals surface area contributed by atoms with Gasteiger partial charge in [0, 0.05) is 21.6 Å². The maximum atomic E-state index is 12.4. The number of hydrogen-bond acceptors (Lipinski definition) is 3. The zero-order valence-electron chi connectivity index (χ0n) is 10.5. The Bertz CT molecular complexity index is 565. The fourth-order valence-electron chi connectivity index (χ4n) is 2.16. The molecule has 19 heavy (non-hydrogen) atoms. The van der Waals surface area contributed by atoms with Crippen LogP contribution in [0.15, 0.2) is 27.6 Å². The van der Waals surface area contributed by atoms with Crippen LogP contribution in [0.4, 0.5) is 0 Å². The van der Waals surface area contributed by atoms with E-state index in [0.717, 1.165) is 19.4 Å². The molecule has 1 aliphatic rings. The van der Waals surface area contributed by atoms with Crippen LogP contribution in [0.1, 0.15) is 19.8 Å². The molecular formula is C12H16BrClN2O2S. The first-order chi connectivity index (χ1) is 8.90. The molecule has 0 radical (unpaired) electrons. The van der Waals surface area contributed by atoms with Gasteiger partial charge >= 0.3 is 0 Å². The molecule has 1 heterocycles. The predicted octanol–water partition coefficient (Wildman–Crippen LogP) is 2.52. The molecule has 0 amide bonds. The smallest absolute Gasteiger partial charge is 0.241 e. The molecule has 7 heteroatoms. The molecule has 1 saturated heterocycles. The van der Waals surface area contributed by atoms with Crippen molar-refractivity contribution < 1.29 is 8.42 Å². The second-order valence-corrected chi connectivity index (χ2v) is 7.66. The fourth-order valence-corrected chi connectivity index (χ4v) is 4.89. The maximum absolute atomic E-state index is 12.4. The molecule has 1 fully saturated rings. The van der Waals surface area contributed by atoms with Crippen LogP contribution in [-0.2, 0) is 10.0 Å². The van der Waals surface area contributed by atoms with Crippen LogP contribution < -0.4 is 10.0 Å². The van der Waals surface area contributed by atoms with Gasteiger partial charge in [-0.2, -0.15) is 0 Å². The van der Waals surface area contributed by atoms with Crippen LogP contribution >= 0.6 is 27.5 Å². The van der Waals surface area contributed by atoms with Crippen molar-refractivity contribution in [1.29, 1.82) is 0 Å². The quantitative estimate of drug-likeness (QED) is 0.863. The summed E-state index contributed by atoms with van der Waals surface area (Å²) in [6.45, 7) is 2.92. The zero-order chi connectivity index (χ0) is 14.0. The van der Waals surface area contributed by atoms with E-state index in [9.17, 15) is 8.42 Å². The zero-order valence-corrected chi connectivity index (χ0v) is 13.6. The fraction of sp³-hybridized carbons (Fsp3) is 0.500. The van der Waals surface area contributed by atoms with E-state index in [1.165, 1.54) is 6.07 Å². The van der Waals surface area contributed by atoms with Gasteiger partial charge in [0.15, 0.2) is 0 Å². The highest BCUT2D eigenvalue weighted by Crippen LogP contribution is 2.26. The molecular weight excluding hydrogens is 352 g/mol. The van der Waals surface area contributed by atoms with Gasteiger partial charge in [-0.05, 0) is 60.4 Å². The lowest BCUT2D eigenvalue weighted by Gasteiger charge is -2.30. The van der Waals surface area contributed by atoms with E-state index in [4.69, 9.17) is 11.6 Å². The van der Waals surface area contributed by atoms with Gasteiger partial charge in [0.25, 0.3) is 0 Å². The lowest BCUT2D eigenvalue weighted by Crippen LogP contribution is -2.51. The number of rotatable bonds is 3. The Labute approximate surface area is 127 Å². The number of nitrogens with one attached hydrogen (secondary N) is 2. The highest BCUT2D eigenvalue weighted by atomic mass is 79.9. The van der Waals surface area contributed by atoms with E-state index in [2.05, 4.69) is 26.0 Å². The topological polar surface area (TPSA) is 58.2 Å². The van der Waals surface area contributed by atoms with Gasteiger partial charge in [0.1, 0.15) is 0 Å². The van der Waals surface area contributed by atoms with Crippen molar-refractivity contribution in [1.82, 2.24) is 10.0 Å². The summed E-state index contributed by atoms with van der Waals surface area (Å²) in [6, 6.07) is 4.72. The summed E-state index contributed by atoms with van der Waals surface area (Å²) in [6.07, 6.45) is 1.82. The largest absolute Gasteiger partial charge is 0.313 e. The molecule has 4 nitrogen and oxygen atoms in total. The number of sulfonamides is 1. The maximum Gasteiger partial charge on any atom is 0.241 e. The lowest BCUT2D eigenvalue weighted by molar-refractivity contribution is 0.349. The van der Waals surface area contributed by atoms with Crippen molar-refractivity contribution in [3.05, 3.63) is 27.7 Å². The highest BCUT2D eigenvalue weighted by Gasteiger charge is 2.27. The minimum atomic E-state index is -3.54. The summed E-state index contributed by atoms with van der Waals surface area (Å²) in [5, 5.41) is 3.77. The first-order valence-electron chi connectivity index (χ1n) is 6.11. The Hall–Kier alpha value is -0.140. The average molecular weight is 368 g/mol. The van der Waals surface area contributed by atoms with E-state index >= 15 is 0 Å². The van der Waals surface area contributed by atoms with Gasteiger partial charge in [-0.3, -0.25) is 0 Å². The van der Waals surface area contributed by atoms with E-state index in [1.54, 1.807) is 12.1 Å². The molecule has 1 aliphatic heterocycles. The molecule has 2 unspecified atom stereocenters. The third-order valence-corrected chi connectivity index (χ3v) is 5.95. The van der Waals surface area contributed by atoms with E-state index in [-0.39, 0.29) is 17.0 Å². The molecule has 0 bridgehead atoms. The highest BCUT2D eigenvalue weighted by molar-refractivity contribution is 9.10. The Balaban J connectivity index is 2.22. The monoisotopic (exact) mass is 366 g/mol. The van der Waals surface area contributed by atoms with Gasteiger partial charge in [-0.15, -0.1) is 0 Å². The van der Waals surface area contributed by atoms with E-state index in [1.807, 2.05) is 6.92 Å². The lowest BCUT2D eigenvalue weighted by atomic mass is 10.0. The molecule has 0 spiro atoms. The molecule has 2 atom stereocenters. The van der Waals surface area contributed by atoms with Crippen LogP contribution in [0.3, 0.4) is 0 Å². The summed E-state index contributed by atoms with van der Waals surface area (Å²) in [5.74, 6) is 0. The summed E-state index contributed by atoms with van der Waals surface area (Å²) < 4.78 is 28.0. The molecule has 0 saturated carbocycles. The summed E-state index contributed by atoms with van der Waals surface area (Å²) in [4.78, 5) is 0.217. The summed E-state index contributed by atoms with van der Waals surface area (Å²) >= 11 is 9.07. The molecule has 1 aromatic carbocycles. The predicted molar refractivity (Wildman–Crippen MR) is 80.0 cm³/mol. The van der Waals surface area contributed by atoms with E-state index in [0.29, 0.717) is 9.50 Å². The van der Waals surface area contributed by atoms with Crippen molar-refractivity contribution in [3.8, 4) is 0 Å². The number of piperidine rings is 1. The summed E-state index contributed by atoms with van der Waals surface area (Å²) in [7, 11) is -3.54. The molecule has 0 aromatic heterocycles. The van der Waals surface area contributed by atoms with Crippen LogP contribution in [0.5, 0.6) is 0 Å². The van der Waals surface area contributed by atoms with Crippen molar-refractivity contribution >= 4 is 37.6 Å². The van der Waals surface area contributed by atoms with Crippen molar-refractivity contribution in [3.63, 3.8) is 0 Å². The second-order valence-electron chi connectivity index (χ2n) is 4.69. The SMILES string of the molecule is CC1NCCCC1NS(=O)(=O)c1ccc(Cl)cc1Br. The minimum Gasteiger partial charge on any atom is -0.313 e. The van der Waals surface area contributed by atoms with Gasteiger partial charge in [0.05, 0.1) is 4.90 Å². The van der Waals surface area contributed by atoms with Gasteiger partial charge in [0.2, 0.25) is 10.0 Å². The van der Waals surface area contributed by atoms with Crippen molar-refractivity contribution in [2.75, 3.05) is 6.54 Å². The Kier molecular flexibility index (Phi) is 4.89. The Morgan fingerprint density at radius 3 is 2.84 bits per heavy atom. The average Bonchev–Trinajstić information content (AvgIpc) is 2.31. The Morgan fingerprint density at radius 2 is 2.21 bits per heavy atom. The first kappa shape index (κ1) is 15.3. The molecule has 106 valence electrons. The standard InChI is InChI=1S/C12H16BrClN2O2S/c1-8-11(3-2-6-15-8)16-19(17,18)12-5-4-9(14)7-10(12)13/h4-5,7-8,11,15-16H,2-3,6H2,1H3. The first-order valence-corrected chi connectivity index (χ1v) is 8.76. The second kappa shape index (κ2) is 6.10. The normalized spacial score (nSPS) is 24.4. The number of benzene rings is 1. The molecule has 2 rings (SSSR count). The van der Waals surface area contributed by atoms with Crippen LogP contribution in [0.25, 0.3) is 0 Å². The summed E-state index contributed by atoms with van der Waals surface area (Å²) in [5.41, 5.74) is 0. The van der Waals surface area contributed by atoms with Crippen LogP contribution in [0, 0.1) is 0 Å². The van der Waals surface area contributed by atoms with Gasteiger partial charge < -0.3 is 5.32 Å². The van der Waals surface area contributed by atoms with Crippen molar-refractivity contribution in [2.45, 2.75) is 36.7 Å². The third-order valence-electron chi connectivity index (χ3n) is 3.25. The Morgan fingerprint density at radius 1 is 1.47 bits per heavy atom. The molecule has 0 aliphatic carbocycles. The minimum absolute atomic E-state index is 0.0821. The van der Waals surface area contributed by atoms with Gasteiger partial charge in [-0.1, -0.05) is 11.6 Å². The van der Waals surface area contributed by atoms with Gasteiger partial charge in [-0.25, -0.2) is 13.1 Å². The van der Waals surface area contributed by atoms with Crippen LogP contribution in [-0.4, -0.2) is 27.0 Å². The van der Waals surface area contributed by atoms with Crippen molar-refractivity contribution in [2.24, 2.45) is 0 Å². The van der Waals surface area contributed by atoms with Crippen LogP contribution in [0.2, 0.25) is 5.02 Å². The molecule has 2 N–H and O–H groups in total. The number of halogens is 2. The van der Waals surface area contributed by atoms with E-state index < -0.39 is 10.0 Å². The number of hydrogen-bond donors (Lipinski definition) is 2. The third kappa shape index (κ3) is 3.70.